The number of nitrogens with zero attached hydrogens (tertiary/aromatic N) is 2. The van der Waals surface area contributed by atoms with Crippen LogP contribution in [0.5, 0.6) is 0 Å². The SMILES string of the molecule is CC(C)n1ncc([C@@H](C)O)c1F. The van der Waals surface area contributed by atoms with Gasteiger partial charge in [0.2, 0.25) is 5.95 Å². The van der Waals surface area contributed by atoms with E-state index in [1.165, 1.54) is 17.8 Å². The van der Waals surface area contributed by atoms with Crippen LogP contribution in [0.3, 0.4) is 0 Å². The van der Waals surface area contributed by atoms with Gasteiger partial charge in [-0.05, 0) is 20.8 Å². The third-order valence-electron chi connectivity index (χ3n) is 1.70. The first kappa shape index (κ1) is 9.19. The van der Waals surface area contributed by atoms with E-state index in [0.29, 0.717) is 0 Å². The Kier molecular flexibility index (Phi) is 2.47. The third-order valence-corrected chi connectivity index (χ3v) is 1.70. The van der Waals surface area contributed by atoms with Crippen molar-refractivity contribution < 1.29 is 9.50 Å². The molecule has 3 nitrogen and oxygen atoms in total. The summed E-state index contributed by atoms with van der Waals surface area (Å²) in [6, 6.07) is -0.0162. The first-order valence-electron chi connectivity index (χ1n) is 3.95. The van der Waals surface area contributed by atoms with E-state index in [1.807, 2.05) is 13.8 Å². The molecule has 1 rings (SSSR count). The Balaban J connectivity index is 3.04. The predicted octanol–water partition coefficient (Wildman–Crippen LogP) is 1.66. The number of aliphatic hydroxyl groups excluding tert-OH is 1. The summed E-state index contributed by atoms with van der Waals surface area (Å²) in [5, 5.41) is 12.9. The second-order valence-electron chi connectivity index (χ2n) is 3.11. The largest absolute Gasteiger partial charge is 0.388 e. The zero-order chi connectivity index (χ0) is 9.30. The number of aliphatic hydroxyl groups is 1. The topological polar surface area (TPSA) is 38.0 Å². The van der Waals surface area contributed by atoms with Crippen molar-refractivity contribution in [3.63, 3.8) is 0 Å². The Labute approximate surface area is 70.8 Å². The lowest BCUT2D eigenvalue weighted by atomic mass is 10.2. The minimum atomic E-state index is -0.794. The van der Waals surface area contributed by atoms with Crippen molar-refractivity contribution in [2.24, 2.45) is 0 Å². The number of hydrogen-bond acceptors (Lipinski definition) is 2. The Morgan fingerprint density at radius 2 is 2.08 bits per heavy atom. The molecule has 0 aromatic carbocycles. The average molecular weight is 172 g/mol. The van der Waals surface area contributed by atoms with E-state index in [0.717, 1.165) is 0 Å². The molecule has 0 aliphatic carbocycles. The van der Waals surface area contributed by atoms with Gasteiger partial charge in [-0.15, -0.1) is 0 Å². The molecule has 0 unspecified atom stereocenters. The molecule has 0 aliphatic heterocycles. The molecular weight excluding hydrogens is 159 g/mol. The van der Waals surface area contributed by atoms with Crippen molar-refractivity contribution in [3.8, 4) is 0 Å². The van der Waals surface area contributed by atoms with Gasteiger partial charge in [0.15, 0.2) is 0 Å². The fourth-order valence-electron chi connectivity index (χ4n) is 1.00. The van der Waals surface area contributed by atoms with Gasteiger partial charge in [0.25, 0.3) is 0 Å². The van der Waals surface area contributed by atoms with Crippen molar-refractivity contribution in [1.82, 2.24) is 9.78 Å². The second-order valence-corrected chi connectivity index (χ2v) is 3.11. The molecule has 0 fully saturated rings. The molecule has 0 saturated carbocycles. The summed E-state index contributed by atoms with van der Waals surface area (Å²) < 4.78 is 14.5. The van der Waals surface area contributed by atoms with Crippen LogP contribution in [-0.4, -0.2) is 14.9 Å². The Morgan fingerprint density at radius 1 is 1.50 bits per heavy atom. The monoisotopic (exact) mass is 172 g/mol. The molecule has 1 atom stereocenters. The second kappa shape index (κ2) is 3.23. The molecule has 1 heterocycles. The summed E-state index contributed by atoms with van der Waals surface area (Å²) in [4.78, 5) is 0. The standard InChI is InChI=1S/C8H13FN2O/c1-5(2)11-8(9)7(4-10-11)6(3)12/h4-6,12H,1-3H3/t6-/m1/s1. The Morgan fingerprint density at radius 3 is 2.33 bits per heavy atom. The van der Waals surface area contributed by atoms with E-state index in [9.17, 15) is 4.39 Å². The van der Waals surface area contributed by atoms with Gasteiger partial charge < -0.3 is 5.11 Å². The molecule has 0 spiro atoms. The highest BCUT2D eigenvalue weighted by Gasteiger charge is 2.15. The summed E-state index contributed by atoms with van der Waals surface area (Å²) in [6.07, 6.45) is 0.567. The number of hydrogen-bond donors (Lipinski definition) is 1. The minimum Gasteiger partial charge on any atom is -0.388 e. The van der Waals surface area contributed by atoms with E-state index in [4.69, 9.17) is 5.11 Å². The molecular formula is C8H13FN2O. The molecule has 12 heavy (non-hydrogen) atoms. The maximum atomic E-state index is 13.3. The van der Waals surface area contributed by atoms with E-state index in [1.54, 1.807) is 0 Å². The van der Waals surface area contributed by atoms with Crippen LogP contribution >= 0.6 is 0 Å². The quantitative estimate of drug-likeness (QED) is 0.736. The van der Waals surface area contributed by atoms with Gasteiger partial charge in [-0.3, -0.25) is 0 Å². The summed E-state index contributed by atoms with van der Waals surface area (Å²) in [5.41, 5.74) is 0.253. The van der Waals surface area contributed by atoms with Crippen LogP contribution in [0.25, 0.3) is 0 Å². The maximum Gasteiger partial charge on any atom is 0.217 e. The van der Waals surface area contributed by atoms with Gasteiger partial charge in [-0.1, -0.05) is 0 Å². The van der Waals surface area contributed by atoms with Gasteiger partial charge in [-0.25, -0.2) is 4.68 Å². The fraction of sp³-hybridized carbons (Fsp3) is 0.625. The maximum absolute atomic E-state index is 13.3. The van der Waals surface area contributed by atoms with Crippen LogP contribution in [-0.2, 0) is 0 Å². The van der Waals surface area contributed by atoms with Crippen LogP contribution < -0.4 is 0 Å². The highest BCUT2D eigenvalue weighted by Crippen LogP contribution is 2.17. The van der Waals surface area contributed by atoms with Crippen LogP contribution in [0.15, 0.2) is 6.20 Å². The van der Waals surface area contributed by atoms with Crippen molar-refractivity contribution in [1.29, 1.82) is 0 Å². The van der Waals surface area contributed by atoms with E-state index in [-0.39, 0.29) is 11.6 Å². The summed E-state index contributed by atoms with van der Waals surface area (Å²) in [6.45, 7) is 5.19. The molecule has 0 amide bonds. The molecule has 0 saturated heterocycles. The van der Waals surface area contributed by atoms with E-state index < -0.39 is 12.1 Å². The lowest BCUT2D eigenvalue weighted by molar-refractivity contribution is 0.192. The van der Waals surface area contributed by atoms with Gasteiger partial charge in [-0.2, -0.15) is 9.49 Å². The van der Waals surface area contributed by atoms with Gasteiger partial charge in [0, 0.05) is 6.04 Å². The normalized spacial score (nSPS) is 13.8. The zero-order valence-electron chi connectivity index (χ0n) is 7.45. The van der Waals surface area contributed by atoms with Crippen molar-refractivity contribution in [3.05, 3.63) is 17.7 Å². The highest BCUT2D eigenvalue weighted by atomic mass is 19.1. The fourth-order valence-corrected chi connectivity index (χ4v) is 1.00. The third kappa shape index (κ3) is 1.48. The van der Waals surface area contributed by atoms with Crippen molar-refractivity contribution in [2.75, 3.05) is 0 Å². The summed E-state index contributed by atoms with van der Waals surface area (Å²) in [5.74, 6) is -0.444. The predicted molar refractivity (Wildman–Crippen MR) is 43.2 cm³/mol. The molecule has 1 aromatic heterocycles. The van der Waals surface area contributed by atoms with Crippen LogP contribution in [0, 0.1) is 5.95 Å². The zero-order valence-corrected chi connectivity index (χ0v) is 7.45. The van der Waals surface area contributed by atoms with Crippen LogP contribution in [0.2, 0.25) is 0 Å². The van der Waals surface area contributed by atoms with Crippen molar-refractivity contribution >= 4 is 0 Å². The van der Waals surface area contributed by atoms with Gasteiger partial charge in [0.1, 0.15) is 0 Å². The average Bonchev–Trinajstić information content (AvgIpc) is 2.30. The molecule has 0 bridgehead atoms. The van der Waals surface area contributed by atoms with E-state index in [2.05, 4.69) is 5.10 Å². The lowest BCUT2D eigenvalue weighted by Gasteiger charge is -2.06. The summed E-state index contributed by atoms with van der Waals surface area (Å²) >= 11 is 0. The van der Waals surface area contributed by atoms with E-state index >= 15 is 0 Å². The molecule has 4 heteroatoms. The molecule has 1 aromatic rings. The minimum absolute atomic E-state index is 0.0162. The molecule has 68 valence electrons. The van der Waals surface area contributed by atoms with Gasteiger partial charge in [0.05, 0.1) is 17.9 Å². The Hall–Kier alpha value is -0.900. The number of halogens is 1. The molecule has 1 N–H and O–H groups in total. The van der Waals surface area contributed by atoms with Crippen LogP contribution in [0.4, 0.5) is 4.39 Å². The lowest BCUT2D eigenvalue weighted by Crippen LogP contribution is -2.06. The first-order valence-corrected chi connectivity index (χ1v) is 3.95. The molecule has 0 aliphatic rings. The first-order chi connectivity index (χ1) is 5.54. The Bertz CT molecular complexity index is 243. The molecule has 0 radical (unpaired) electrons. The van der Waals surface area contributed by atoms with Gasteiger partial charge >= 0.3 is 0 Å². The van der Waals surface area contributed by atoms with Crippen molar-refractivity contribution in [2.45, 2.75) is 32.9 Å². The summed E-state index contributed by atoms with van der Waals surface area (Å²) in [7, 11) is 0. The van der Waals surface area contributed by atoms with Crippen LogP contribution in [0.1, 0.15) is 38.5 Å². The number of rotatable bonds is 2. The number of aromatic nitrogens is 2. The highest BCUT2D eigenvalue weighted by molar-refractivity contribution is 5.09. The smallest absolute Gasteiger partial charge is 0.217 e.